The summed E-state index contributed by atoms with van der Waals surface area (Å²) in [5.41, 5.74) is -0.0751. The lowest BCUT2D eigenvalue weighted by molar-refractivity contribution is -0.386. The van der Waals surface area contributed by atoms with Gasteiger partial charge in [0.05, 0.1) is 16.9 Å². The number of hydrogen-bond donors (Lipinski definition) is 1. The summed E-state index contributed by atoms with van der Waals surface area (Å²) in [6.07, 6.45) is 6.79. The zero-order chi connectivity index (χ0) is 18.8. The maximum absolute atomic E-state index is 12.8. The average molecular weight is 394 g/mol. The Morgan fingerprint density at radius 1 is 1.38 bits per heavy atom. The molecule has 3 rings (SSSR count). The fourth-order valence-corrected chi connectivity index (χ4v) is 4.68. The zero-order valence-electron chi connectivity index (χ0n) is 14.1. The van der Waals surface area contributed by atoms with Gasteiger partial charge in [0.15, 0.2) is 5.75 Å². The van der Waals surface area contributed by atoms with Gasteiger partial charge >= 0.3 is 5.69 Å². The summed E-state index contributed by atoms with van der Waals surface area (Å²) in [6, 6.07) is 2.80. The van der Waals surface area contributed by atoms with Crippen molar-refractivity contribution in [1.82, 2.24) is 4.90 Å². The van der Waals surface area contributed by atoms with Crippen LogP contribution in [0, 0.1) is 10.1 Å². The van der Waals surface area contributed by atoms with E-state index in [1.807, 2.05) is 0 Å². The third-order valence-corrected chi connectivity index (χ3v) is 5.89. The number of methoxy groups -OCH3 is 1. The van der Waals surface area contributed by atoms with Gasteiger partial charge in [0, 0.05) is 12.1 Å². The summed E-state index contributed by atoms with van der Waals surface area (Å²) in [6.45, 7) is 0. The molecule has 1 heterocycles. The highest BCUT2D eigenvalue weighted by atomic mass is 32.2. The SMILES string of the molecule is COc1cc(/C=C2/SC(=S)N(C3CCCCC3)C2=O)cc([N+](=O)[O-])c1O. The quantitative estimate of drug-likeness (QED) is 0.359. The molecule has 9 heteroatoms. The summed E-state index contributed by atoms with van der Waals surface area (Å²) in [5, 5.41) is 21.0. The van der Waals surface area contributed by atoms with Crippen LogP contribution in [0.1, 0.15) is 37.7 Å². The first kappa shape index (κ1) is 18.7. The number of thiocarbonyl (C=S) groups is 1. The molecule has 7 nitrogen and oxygen atoms in total. The number of ether oxygens (including phenoxy) is 1. The molecule has 1 saturated heterocycles. The van der Waals surface area contributed by atoms with Gasteiger partial charge in [0.2, 0.25) is 5.75 Å². The summed E-state index contributed by atoms with van der Waals surface area (Å²) in [4.78, 5) is 25.3. The maximum Gasteiger partial charge on any atom is 0.315 e. The van der Waals surface area contributed by atoms with Crippen LogP contribution < -0.4 is 4.74 Å². The molecule has 1 saturated carbocycles. The average Bonchev–Trinajstić information content (AvgIpc) is 2.90. The zero-order valence-corrected chi connectivity index (χ0v) is 15.8. The van der Waals surface area contributed by atoms with E-state index < -0.39 is 16.4 Å². The van der Waals surface area contributed by atoms with E-state index in [9.17, 15) is 20.0 Å². The molecule has 2 fully saturated rings. The van der Waals surface area contributed by atoms with Crippen LogP contribution in [-0.4, -0.2) is 38.3 Å². The molecule has 2 aliphatic rings. The molecular formula is C17H18N2O5S2. The molecule has 0 aromatic heterocycles. The summed E-state index contributed by atoms with van der Waals surface area (Å²) in [5.74, 6) is -0.723. The van der Waals surface area contributed by atoms with Gasteiger partial charge < -0.3 is 9.84 Å². The number of thioether (sulfide) groups is 1. The number of phenolic OH excluding ortho intramolecular Hbond substituents is 1. The smallest absolute Gasteiger partial charge is 0.315 e. The number of rotatable bonds is 4. The molecule has 1 aromatic rings. The van der Waals surface area contributed by atoms with Gasteiger partial charge in [-0.25, -0.2) is 0 Å². The number of nitro groups is 1. The van der Waals surface area contributed by atoms with Crippen LogP contribution in [0.3, 0.4) is 0 Å². The van der Waals surface area contributed by atoms with Crippen molar-refractivity contribution >= 4 is 46.0 Å². The molecule has 1 amide bonds. The second-order valence-electron chi connectivity index (χ2n) is 6.19. The van der Waals surface area contributed by atoms with E-state index in [-0.39, 0.29) is 17.7 Å². The van der Waals surface area contributed by atoms with Crippen molar-refractivity contribution in [3.05, 3.63) is 32.7 Å². The second-order valence-corrected chi connectivity index (χ2v) is 7.87. The molecule has 0 unspecified atom stereocenters. The Hall–Kier alpha value is -2.13. The number of benzene rings is 1. The van der Waals surface area contributed by atoms with Gasteiger partial charge in [-0.05, 0) is 30.5 Å². The van der Waals surface area contributed by atoms with Crippen molar-refractivity contribution in [2.24, 2.45) is 0 Å². The van der Waals surface area contributed by atoms with E-state index in [1.165, 1.54) is 37.4 Å². The Kier molecular flexibility index (Phi) is 5.47. The largest absolute Gasteiger partial charge is 0.500 e. The van der Waals surface area contributed by atoms with Crippen molar-refractivity contribution in [2.75, 3.05) is 7.11 Å². The van der Waals surface area contributed by atoms with Gasteiger partial charge in [-0.2, -0.15) is 0 Å². The van der Waals surface area contributed by atoms with Crippen LogP contribution in [-0.2, 0) is 4.79 Å². The number of nitrogens with zero attached hydrogens (tertiary/aromatic N) is 2. The van der Waals surface area contributed by atoms with E-state index >= 15 is 0 Å². The number of aromatic hydroxyl groups is 1. The first-order valence-corrected chi connectivity index (χ1v) is 9.47. The topological polar surface area (TPSA) is 92.9 Å². The van der Waals surface area contributed by atoms with Gasteiger partial charge in [0.1, 0.15) is 4.32 Å². The minimum absolute atomic E-state index is 0.0202. The molecule has 0 spiro atoms. The number of amides is 1. The molecule has 0 radical (unpaired) electrons. The molecule has 138 valence electrons. The van der Waals surface area contributed by atoms with E-state index in [0.29, 0.717) is 14.8 Å². The minimum Gasteiger partial charge on any atom is -0.500 e. The first-order valence-electron chi connectivity index (χ1n) is 8.25. The third kappa shape index (κ3) is 3.54. The summed E-state index contributed by atoms with van der Waals surface area (Å²) < 4.78 is 5.52. The number of carbonyl (C=O) groups excluding carboxylic acids is 1. The van der Waals surface area contributed by atoms with Crippen LogP contribution in [0.15, 0.2) is 17.0 Å². The maximum atomic E-state index is 12.8. The monoisotopic (exact) mass is 394 g/mol. The van der Waals surface area contributed by atoms with Gasteiger partial charge in [0.25, 0.3) is 5.91 Å². The lowest BCUT2D eigenvalue weighted by Gasteiger charge is -2.29. The van der Waals surface area contributed by atoms with Crippen molar-refractivity contribution in [3.63, 3.8) is 0 Å². The predicted molar refractivity (Wildman–Crippen MR) is 103 cm³/mol. The Morgan fingerprint density at radius 2 is 2.08 bits per heavy atom. The van der Waals surface area contributed by atoms with E-state index in [2.05, 4.69) is 0 Å². The number of nitro benzene ring substituents is 1. The Labute approximate surface area is 160 Å². The Bertz CT molecular complexity index is 803. The molecule has 0 bridgehead atoms. The second kappa shape index (κ2) is 7.63. The molecule has 1 aliphatic heterocycles. The van der Waals surface area contributed by atoms with Gasteiger partial charge in [-0.3, -0.25) is 19.8 Å². The van der Waals surface area contributed by atoms with Crippen molar-refractivity contribution in [2.45, 2.75) is 38.1 Å². The molecule has 1 aromatic carbocycles. The highest BCUT2D eigenvalue weighted by molar-refractivity contribution is 8.26. The molecule has 0 atom stereocenters. The predicted octanol–water partition coefficient (Wildman–Crippen LogP) is 3.84. The molecule has 1 aliphatic carbocycles. The first-order chi connectivity index (χ1) is 12.4. The van der Waals surface area contributed by atoms with Crippen LogP contribution in [0.4, 0.5) is 5.69 Å². The highest BCUT2D eigenvalue weighted by Crippen LogP contribution is 2.40. The van der Waals surface area contributed by atoms with E-state index in [0.717, 1.165) is 25.7 Å². The number of carbonyl (C=O) groups is 1. The van der Waals surface area contributed by atoms with Crippen LogP contribution >= 0.6 is 24.0 Å². The standard InChI is InChI=1S/C17H18N2O5S2/c1-24-13-8-10(7-12(15(13)20)19(22)23)9-14-16(21)18(17(25)26-14)11-5-3-2-4-6-11/h7-9,11,20H,2-6H2,1H3/b14-9+. The normalized spacial score (nSPS) is 20.0. The van der Waals surface area contributed by atoms with Crippen molar-refractivity contribution in [3.8, 4) is 11.5 Å². The van der Waals surface area contributed by atoms with Crippen LogP contribution in [0.2, 0.25) is 0 Å². The van der Waals surface area contributed by atoms with Crippen molar-refractivity contribution < 1.29 is 19.6 Å². The van der Waals surface area contributed by atoms with Gasteiger partial charge in [-0.1, -0.05) is 43.2 Å². The van der Waals surface area contributed by atoms with Crippen molar-refractivity contribution in [1.29, 1.82) is 0 Å². The van der Waals surface area contributed by atoms with Crippen LogP contribution in [0.5, 0.6) is 11.5 Å². The number of phenols is 1. The summed E-state index contributed by atoms with van der Waals surface area (Å²) >= 11 is 6.58. The molecular weight excluding hydrogens is 376 g/mol. The van der Waals surface area contributed by atoms with Crippen LogP contribution in [0.25, 0.3) is 6.08 Å². The fourth-order valence-electron chi connectivity index (χ4n) is 3.28. The number of hydrogen-bond acceptors (Lipinski definition) is 7. The van der Waals surface area contributed by atoms with Gasteiger partial charge in [-0.15, -0.1) is 0 Å². The minimum atomic E-state index is -0.692. The molecule has 1 N–H and O–H groups in total. The highest BCUT2D eigenvalue weighted by Gasteiger charge is 2.37. The lowest BCUT2D eigenvalue weighted by atomic mass is 9.94. The fraction of sp³-hybridized carbons (Fsp3) is 0.412. The van der Waals surface area contributed by atoms with E-state index in [1.54, 1.807) is 11.0 Å². The Balaban J connectivity index is 1.93. The Morgan fingerprint density at radius 3 is 2.69 bits per heavy atom. The lowest BCUT2D eigenvalue weighted by Crippen LogP contribution is -2.39. The third-order valence-electron chi connectivity index (χ3n) is 4.55. The van der Waals surface area contributed by atoms with E-state index in [4.69, 9.17) is 17.0 Å². The summed E-state index contributed by atoms with van der Waals surface area (Å²) in [7, 11) is 1.31. The molecule has 26 heavy (non-hydrogen) atoms.